The van der Waals surface area contributed by atoms with E-state index in [2.05, 4.69) is 6.92 Å². The molecule has 3 heteroatoms. The predicted octanol–water partition coefficient (Wildman–Crippen LogP) is 1.80. The van der Waals surface area contributed by atoms with Crippen LogP contribution in [-0.2, 0) is 4.79 Å². The number of amides is 1. The van der Waals surface area contributed by atoms with Gasteiger partial charge in [0.15, 0.2) is 0 Å². The first-order chi connectivity index (χ1) is 6.63. The SMILES string of the molecule is CCCCCCN(CC)C(=O)C(C)O. The van der Waals surface area contributed by atoms with Gasteiger partial charge in [0.1, 0.15) is 6.10 Å². The highest BCUT2D eigenvalue weighted by Crippen LogP contribution is 2.02. The van der Waals surface area contributed by atoms with Gasteiger partial charge >= 0.3 is 0 Å². The first-order valence-corrected chi connectivity index (χ1v) is 5.60. The number of aliphatic hydroxyl groups is 1. The summed E-state index contributed by atoms with van der Waals surface area (Å²) >= 11 is 0. The minimum Gasteiger partial charge on any atom is -0.384 e. The topological polar surface area (TPSA) is 40.5 Å². The smallest absolute Gasteiger partial charge is 0.251 e. The van der Waals surface area contributed by atoms with Crippen molar-refractivity contribution in [2.75, 3.05) is 13.1 Å². The summed E-state index contributed by atoms with van der Waals surface area (Å²) in [5.41, 5.74) is 0. The van der Waals surface area contributed by atoms with E-state index in [4.69, 9.17) is 5.11 Å². The summed E-state index contributed by atoms with van der Waals surface area (Å²) < 4.78 is 0. The second-order valence-corrected chi connectivity index (χ2v) is 3.65. The Kier molecular flexibility index (Phi) is 7.48. The molecule has 0 bridgehead atoms. The lowest BCUT2D eigenvalue weighted by atomic mass is 10.2. The van der Waals surface area contributed by atoms with Crippen molar-refractivity contribution in [2.45, 2.75) is 52.6 Å². The Hall–Kier alpha value is -0.570. The maximum Gasteiger partial charge on any atom is 0.251 e. The highest BCUT2D eigenvalue weighted by Gasteiger charge is 2.15. The molecule has 0 aromatic heterocycles. The predicted molar refractivity (Wildman–Crippen MR) is 58.1 cm³/mol. The van der Waals surface area contributed by atoms with E-state index >= 15 is 0 Å². The Balaban J connectivity index is 3.73. The highest BCUT2D eigenvalue weighted by atomic mass is 16.3. The summed E-state index contributed by atoms with van der Waals surface area (Å²) in [5.74, 6) is -0.149. The van der Waals surface area contributed by atoms with Crippen LogP contribution in [0.1, 0.15) is 46.5 Å². The second-order valence-electron chi connectivity index (χ2n) is 3.65. The standard InChI is InChI=1S/C11H23NO2/c1-4-6-7-8-9-12(5-2)11(14)10(3)13/h10,13H,4-9H2,1-3H3. The lowest BCUT2D eigenvalue weighted by molar-refractivity contribution is -0.139. The molecular weight excluding hydrogens is 178 g/mol. The van der Waals surface area contributed by atoms with E-state index in [0.717, 1.165) is 13.0 Å². The Morgan fingerprint density at radius 2 is 1.93 bits per heavy atom. The molecule has 1 atom stereocenters. The van der Waals surface area contributed by atoms with Crippen LogP contribution >= 0.6 is 0 Å². The van der Waals surface area contributed by atoms with Crippen LogP contribution in [0.15, 0.2) is 0 Å². The molecule has 84 valence electrons. The fraction of sp³-hybridized carbons (Fsp3) is 0.909. The average Bonchev–Trinajstić information content (AvgIpc) is 2.17. The first-order valence-electron chi connectivity index (χ1n) is 5.60. The van der Waals surface area contributed by atoms with Crippen LogP contribution in [0.2, 0.25) is 0 Å². The van der Waals surface area contributed by atoms with Crippen LogP contribution in [0.5, 0.6) is 0 Å². The number of carbonyl (C=O) groups excluding carboxylic acids is 1. The Bertz CT molecular complexity index is 157. The molecule has 0 aromatic rings. The van der Waals surface area contributed by atoms with E-state index < -0.39 is 6.10 Å². The number of unbranched alkanes of at least 4 members (excludes halogenated alkanes) is 3. The van der Waals surface area contributed by atoms with Gasteiger partial charge in [-0.3, -0.25) is 4.79 Å². The quantitative estimate of drug-likeness (QED) is 0.638. The summed E-state index contributed by atoms with van der Waals surface area (Å²) in [6, 6.07) is 0. The molecule has 1 N–H and O–H groups in total. The molecule has 0 saturated heterocycles. The lowest BCUT2D eigenvalue weighted by Gasteiger charge is -2.22. The van der Waals surface area contributed by atoms with Gasteiger partial charge in [0.2, 0.25) is 0 Å². The molecule has 0 aliphatic carbocycles. The third-order valence-corrected chi connectivity index (χ3v) is 2.33. The molecule has 0 saturated carbocycles. The zero-order valence-corrected chi connectivity index (χ0v) is 9.62. The van der Waals surface area contributed by atoms with Crippen LogP contribution < -0.4 is 0 Å². The van der Waals surface area contributed by atoms with E-state index in [1.165, 1.54) is 26.2 Å². The largest absolute Gasteiger partial charge is 0.384 e. The van der Waals surface area contributed by atoms with E-state index in [1.807, 2.05) is 6.92 Å². The third kappa shape index (κ3) is 5.22. The number of carbonyl (C=O) groups is 1. The van der Waals surface area contributed by atoms with Crippen molar-refractivity contribution in [1.29, 1.82) is 0 Å². The van der Waals surface area contributed by atoms with Crippen molar-refractivity contribution in [2.24, 2.45) is 0 Å². The summed E-state index contributed by atoms with van der Waals surface area (Å²) in [5, 5.41) is 9.13. The Morgan fingerprint density at radius 3 is 2.36 bits per heavy atom. The fourth-order valence-electron chi connectivity index (χ4n) is 1.42. The average molecular weight is 201 g/mol. The van der Waals surface area contributed by atoms with E-state index in [-0.39, 0.29) is 5.91 Å². The van der Waals surface area contributed by atoms with E-state index in [0.29, 0.717) is 6.54 Å². The second kappa shape index (κ2) is 7.80. The molecule has 0 heterocycles. The molecule has 0 radical (unpaired) electrons. The minimum atomic E-state index is -0.860. The van der Waals surface area contributed by atoms with Gasteiger partial charge in [-0.15, -0.1) is 0 Å². The molecular formula is C11H23NO2. The van der Waals surface area contributed by atoms with Gasteiger partial charge in [0, 0.05) is 13.1 Å². The monoisotopic (exact) mass is 201 g/mol. The number of hydrogen-bond acceptors (Lipinski definition) is 2. The first kappa shape index (κ1) is 13.4. The van der Waals surface area contributed by atoms with Crippen molar-refractivity contribution in [1.82, 2.24) is 4.90 Å². The molecule has 0 spiro atoms. The normalized spacial score (nSPS) is 12.6. The third-order valence-electron chi connectivity index (χ3n) is 2.33. The molecule has 3 nitrogen and oxygen atoms in total. The van der Waals surface area contributed by atoms with Crippen LogP contribution in [0.3, 0.4) is 0 Å². The zero-order chi connectivity index (χ0) is 11.0. The molecule has 1 amide bonds. The van der Waals surface area contributed by atoms with Crippen LogP contribution in [-0.4, -0.2) is 35.1 Å². The fourth-order valence-corrected chi connectivity index (χ4v) is 1.42. The van der Waals surface area contributed by atoms with Gasteiger partial charge in [0.05, 0.1) is 0 Å². The maximum absolute atomic E-state index is 11.4. The number of nitrogens with zero attached hydrogens (tertiary/aromatic N) is 1. The van der Waals surface area contributed by atoms with Crippen LogP contribution in [0, 0.1) is 0 Å². The van der Waals surface area contributed by atoms with Crippen molar-refractivity contribution < 1.29 is 9.90 Å². The van der Waals surface area contributed by atoms with Gasteiger partial charge in [-0.05, 0) is 20.3 Å². The molecule has 0 aliphatic heterocycles. The van der Waals surface area contributed by atoms with Crippen molar-refractivity contribution in [3.8, 4) is 0 Å². The van der Waals surface area contributed by atoms with E-state index in [9.17, 15) is 4.79 Å². The number of aliphatic hydroxyl groups excluding tert-OH is 1. The summed E-state index contributed by atoms with van der Waals surface area (Å²) in [4.78, 5) is 13.1. The van der Waals surface area contributed by atoms with Crippen molar-refractivity contribution >= 4 is 5.91 Å². The Morgan fingerprint density at radius 1 is 1.29 bits per heavy atom. The van der Waals surface area contributed by atoms with Gasteiger partial charge in [-0.25, -0.2) is 0 Å². The molecule has 0 rings (SSSR count). The van der Waals surface area contributed by atoms with Crippen LogP contribution in [0.25, 0.3) is 0 Å². The molecule has 1 unspecified atom stereocenters. The van der Waals surface area contributed by atoms with Gasteiger partial charge in [-0.1, -0.05) is 26.2 Å². The Labute approximate surface area is 87.1 Å². The molecule has 0 fully saturated rings. The van der Waals surface area contributed by atoms with Gasteiger partial charge in [-0.2, -0.15) is 0 Å². The number of hydrogen-bond donors (Lipinski definition) is 1. The minimum absolute atomic E-state index is 0.149. The van der Waals surface area contributed by atoms with Crippen LogP contribution in [0.4, 0.5) is 0 Å². The zero-order valence-electron chi connectivity index (χ0n) is 9.62. The lowest BCUT2D eigenvalue weighted by Crippen LogP contribution is -2.38. The summed E-state index contributed by atoms with van der Waals surface area (Å²) in [6.45, 7) is 7.10. The number of rotatable bonds is 7. The van der Waals surface area contributed by atoms with Gasteiger partial charge < -0.3 is 10.0 Å². The maximum atomic E-state index is 11.4. The molecule has 14 heavy (non-hydrogen) atoms. The molecule has 0 aromatic carbocycles. The molecule has 0 aliphatic rings. The van der Waals surface area contributed by atoms with Crippen molar-refractivity contribution in [3.05, 3.63) is 0 Å². The highest BCUT2D eigenvalue weighted by molar-refractivity contribution is 5.80. The van der Waals surface area contributed by atoms with Crippen molar-refractivity contribution in [3.63, 3.8) is 0 Å². The summed E-state index contributed by atoms with van der Waals surface area (Å²) in [7, 11) is 0. The van der Waals surface area contributed by atoms with E-state index in [1.54, 1.807) is 4.90 Å². The van der Waals surface area contributed by atoms with Gasteiger partial charge in [0.25, 0.3) is 5.91 Å². The summed E-state index contributed by atoms with van der Waals surface area (Å²) in [6.07, 6.45) is 3.78. The number of likely N-dealkylation sites (N-methyl/N-ethyl adjacent to an activating group) is 1.